The van der Waals surface area contributed by atoms with Gasteiger partial charge in [-0.25, -0.2) is 14.8 Å². The number of carbonyl (C=O) groups excluding carboxylic acids is 1. The van der Waals surface area contributed by atoms with Crippen LogP contribution in [0.5, 0.6) is 0 Å². The van der Waals surface area contributed by atoms with Crippen LogP contribution in [0.25, 0.3) is 11.2 Å². The Morgan fingerprint density at radius 2 is 1.87 bits per heavy atom. The van der Waals surface area contributed by atoms with Crippen LogP contribution in [0.3, 0.4) is 0 Å². The molecule has 0 aromatic carbocycles. The highest BCUT2D eigenvalue weighted by molar-refractivity contribution is 7.15. The molecule has 1 amide bonds. The minimum Gasteiger partial charge on any atom is -0.322 e. The van der Waals surface area contributed by atoms with Gasteiger partial charge in [-0.3, -0.25) is 19.1 Å². The van der Waals surface area contributed by atoms with Crippen LogP contribution in [0, 0.1) is 6.92 Å². The average Bonchev–Trinajstić information content (AvgIpc) is 3.30. The summed E-state index contributed by atoms with van der Waals surface area (Å²) in [5, 5.41) is 3.38. The Morgan fingerprint density at radius 1 is 1.13 bits per heavy atom. The second-order valence-corrected chi connectivity index (χ2v) is 8.88. The van der Waals surface area contributed by atoms with Crippen molar-refractivity contribution in [1.29, 1.82) is 0 Å². The Morgan fingerprint density at radius 3 is 2.55 bits per heavy atom. The molecule has 3 aromatic rings. The van der Waals surface area contributed by atoms with Gasteiger partial charge in [-0.05, 0) is 19.8 Å². The second-order valence-electron chi connectivity index (χ2n) is 7.65. The number of aromatic nitrogens is 5. The van der Waals surface area contributed by atoms with Gasteiger partial charge in [0.25, 0.3) is 5.56 Å². The molecule has 3 rings (SSSR count). The zero-order chi connectivity index (χ0) is 22.4. The average molecular weight is 447 g/mol. The Labute approximate surface area is 184 Å². The first-order chi connectivity index (χ1) is 14.9. The number of fused-ring (bicyclic) bond motifs is 1. The van der Waals surface area contributed by atoms with E-state index in [0.29, 0.717) is 41.6 Å². The van der Waals surface area contributed by atoms with Gasteiger partial charge in [0, 0.05) is 37.0 Å². The van der Waals surface area contributed by atoms with Crippen LogP contribution in [-0.4, -0.2) is 30.0 Å². The lowest BCUT2D eigenvalue weighted by atomic mass is 10.2. The minimum atomic E-state index is -0.437. The van der Waals surface area contributed by atoms with Crippen molar-refractivity contribution in [3.63, 3.8) is 0 Å². The van der Waals surface area contributed by atoms with Gasteiger partial charge in [-0.1, -0.05) is 33.1 Å². The molecule has 3 heterocycles. The maximum absolute atomic E-state index is 12.7. The number of thiazole rings is 1. The van der Waals surface area contributed by atoms with Crippen molar-refractivity contribution in [2.45, 2.75) is 78.8 Å². The summed E-state index contributed by atoms with van der Waals surface area (Å²) in [5.41, 5.74) is -0.0410. The highest BCUT2D eigenvalue weighted by atomic mass is 32.1. The molecule has 0 aliphatic rings. The van der Waals surface area contributed by atoms with Crippen LogP contribution >= 0.6 is 11.3 Å². The van der Waals surface area contributed by atoms with Crippen molar-refractivity contribution in [2.75, 3.05) is 5.32 Å². The van der Waals surface area contributed by atoms with E-state index < -0.39 is 11.2 Å². The van der Waals surface area contributed by atoms with Crippen molar-refractivity contribution in [1.82, 2.24) is 24.1 Å². The SMILES string of the molecule is CCCCCn1c(CCC(=O)Nc2ncc(C)s2)nc2c1c(=O)[nH]c(=O)n2CCCC. The van der Waals surface area contributed by atoms with Crippen molar-refractivity contribution in [3.8, 4) is 0 Å². The van der Waals surface area contributed by atoms with Crippen LogP contribution in [-0.2, 0) is 24.3 Å². The first-order valence-electron chi connectivity index (χ1n) is 10.9. The van der Waals surface area contributed by atoms with Gasteiger partial charge in [0.1, 0.15) is 5.82 Å². The number of imidazole rings is 1. The molecule has 0 radical (unpaired) electrons. The number of nitrogens with zero attached hydrogens (tertiary/aromatic N) is 4. The molecular weight excluding hydrogens is 416 g/mol. The highest BCUT2D eigenvalue weighted by Gasteiger charge is 2.19. The summed E-state index contributed by atoms with van der Waals surface area (Å²) in [4.78, 5) is 49.7. The van der Waals surface area contributed by atoms with Gasteiger partial charge in [0.2, 0.25) is 5.91 Å². The van der Waals surface area contributed by atoms with E-state index in [4.69, 9.17) is 0 Å². The molecule has 0 saturated heterocycles. The molecule has 0 atom stereocenters. The fraction of sp³-hybridized carbons (Fsp3) is 0.571. The number of hydrogen-bond acceptors (Lipinski definition) is 6. The number of H-pyrrole nitrogens is 1. The maximum atomic E-state index is 12.7. The third kappa shape index (κ3) is 5.49. The second kappa shape index (κ2) is 10.5. The van der Waals surface area contributed by atoms with Gasteiger partial charge < -0.3 is 9.88 Å². The molecule has 9 nitrogen and oxygen atoms in total. The Hall–Kier alpha value is -2.75. The monoisotopic (exact) mass is 446 g/mol. The summed E-state index contributed by atoms with van der Waals surface area (Å²) < 4.78 is 3.42. The molecule has 0 saturated carbocycles. The molecule has 2 N–H and O–H groups in total. The Balaban J connectivity index is 1.91. The third-order valence-corrected chi connectivity index (χ3v) is 5.96. The van der Waals surface area contributed by atoms with Gasteiger partial charge >= 0.3 is 5.69 Å². The standard InChI is InChI=1S/C21H30N6O3S/c1-4-6-8-12-26-15(9-10-16(28)24-20-22-13-14(3)31-20)23-18-17(26)19(29)25-21(30)27(18)11-7-5-2/h13H,4-12H2,1-3H3,(H,22,24,28)(H,25,29,30). The number of anilines is 1. The first kappa shape index (κ1) is 22.9. The smallest absolute Gasteiger partial charge is 0.322 e. The molecule has 0 spiro atoms. The van der Waals surface area contributed by atoms with Crippen LogP contribution in [0.4, 0.5) is 5.13 Å². The molecule has 0 aliphatic carbocycles. The summed E-state index contributed by atoms with van der Waals surface area (Å²) in [7, 11) is 0. The van der Waals surface area contributed by atoms with Crippen molar-refractivity contribution >= 4 is 33.5 Å². The Bertz CT molecular complexity index is 1160. The molecule has 0 fully saturated rings. The van der Waals surface area contributed by atoms with Crippen LogP contribution < -0.4 is 16.6 Å². The van der Waals surface area contributed by atoms with Gasteiger partial charge in [0.05, 0.1) is 0 Å². The van der Waals surface area contributed by atoms with Crippen LogP contribution in [0.2, 0.25) is 0 Å². The van der Waals surface area contributed by atoms with Crippen LogP contribution in [0.15, 0.2) is 15.8 Å². The largest absolute Gasteiger partial charge is 0.330 e. The zero-order valence-corrected chi connectivity index (χ0v) is 19.2. The molecule has 168 valence electrons. The number of unbranched alkanes of at least 4 members (excludes halogenated alkanes) is 3. The molecule has 0 bridgehead atoms. The number of aromatic amines is 1. The summed E-state index contributed by atoms with van der Waals surface area (Å²) in [6.45, 7) is 7.22. The number of amides is 1. The zero-order valence-electron chi connectivity index (χ0n) is 18.4. The van der Waals surface area contributed by atoms with E-state index in [-0.39, 0.29) is 12.3 Å². The van der Waals surface area contributed by atoms with Gasteiger partial charge in [-0.2, -0.15) is 0 Å². The number of aryl methyl sites for hydroxylation is 4. The molecule has 10 heteroatoms. The van der Waals surface area contributed by atoms with E-state index >= 15 is 0 Å². The number of rotatable bonds is 11. The fourth-order valence-electron chi connectivity index (χ4n) is 3.51. The quantitative estimate of drug-likeness (QED) is 0.439. The van der Waals surface area contributed by atoms with E-state index in [0.717, 1.165) is 37.0 Å². The lowest BCUT2D eigenvalue weighted by Crippen LogP contribution is -2.31. The maximum Gasteiger partial charge on any atom is 0.330 e. The van der Waals surface area contributed by atoms with E-state index in [1.807, 2.05) is 18.4 Å². The molecule has 0 unspecified atom stereocenters. The molecule has 0 aliphatic heterocycles. The van der Waals surface area contributed by atoms with E-state index in [9.17, 15) is 14.4 Å². The van der Waals surface area contributed by atoms with Gasteiger partial charge in [-0.15, -0.1) is 11.3 Å². The van der Waals surface area contributed by atoms with Gasteiger partial charge in [0.15, 0.2) is 16.3 Å². The number of hydrogen-bond donors (Lipinski definition) is 2. The topological polar surface area (TPSA) is 115 Å². The van der Waals surface area contributed by atoms with Crippen molar-refractivity contribution in [3.05, 3.63) is 37.7 Å². The number of nitrogens with one attached hydrogen (secondary N) is 2. The highest BCUT2D eigenvalue weighted by Crippen LogP contribution is 2.18. The van der Waals surface area contributed by atoms with E-state index in [1.165, 1.54) is 11.3 Å². The van der Waals surface area contributed by atoms with Crippen LogP contribution in [0.1, 0.15) is 63.1 Å². The van der Waals surface area contributed by atoms with Crippen molar-refractivity contribution in [2.24, 2.45) is 0 Å². The van der Waals surface area contributed by atoms with E-state index in [2.05, 4.69) is 27.2 Å². The summed E-state index contributed by atoms with van der Waals surface area (Å²) in [6, 6.07) is 0. The predicted octanol–water partition coefficient (Wildman–Crippen LogP) is 3.21. The molecule has 3 aromatic heterocycles. The van der Waals surface area contributed by atoms with E-state index in [1.54, 1.807) is 10.8 Å². The summed E-state index contributed by atoms with van der Waals surface area (Å²) >= 11 is 1.42. The third-order valence-electron chi connectivity index (χ3n) is 5.13. The number of carbonyl (C=O) groups is 1. The normalized spacial score (nSPS) is 11.3. The summed E-state index contributed by atoms with van der Waals surface area (Å²) in [6.07, 6.45) is 7.02. The minimum absolute atomic E-state index is 0.154. The predicted molar refractivity (Wildman–Crippen MR) is 123 cm³/mol. The summed E-state index contributed by atoms with van der Waals surface area (Å²) in [5.74, 6) is 0.497. The Kier molecular flexibility index (Phi) is 7.78. The lowest BCUT2D eigenvalue weighted by Gasteiger charge is -2.09. The van der Waals surface area contributed by atoms with Crippen molar-refractivity contribution < 1.29 is 4.79 Å². The lowest BCUT2D eigenvalue weighted by molar-refractivity contribution is -0.116. The first-order valence-corrected chi connectivity index (χ1v) is 11.7. The molecular formula is C21H30N6O3S. The fourth-order valence-corrected chi connectivity index (χ4v) is 4.19. The molecule has 31 heavy (non-hydrogen) atoms.